The van der Waals surface area contributed by atoms with Crippen molar-refractivity contribution in [1.82, 2.24) is 4.98 Å². The number of hydrogen-bond acceptors (Lipinski definition) is 6. The fourth-order valence-corrected chi connectivity index (χ4v) is 3.96. The van der Waals surface area contributed by atoms with Crippen LogP contribution in [0.1, 0.15) is 23.2 Å². The Bertz CT molecular complexity index is 1140. The first-order valence-corrected chi connectivity index (χ1v) is 11.2. The number of hydrogen-bond donors (Lipinski definition) is 2. The minimum atomic E-state index is -0.234. The lowest BCUT2D eigenvalue weighted by Crippen LogP contribution is -2.38. The Balaban J connectivity index is 1.34. The minimum absolute atomic E-state index is 0.0164. The van der Waals surface area contributed by atoms with Gasteiger partial charge in [0.05, 0.1) is 19.9 Å². The van der Waals surface area contributed by atoms with Crippen molar-refractivity contribution in [2.45, 2.75) is 12.8 Å². The molecular weight excluding hydrogens is 432 g/mol. The van der Waals surface area contributed by atoms with E-state index in [0.29, 0.717) is 42.9 Å². The lowest BCUT2D eigenvalue weighted by atomic mass is 9.95. The number of methoxy groups -OCH3 is 2. The quantitative estimate of drug-likeness (QED) is 0.549. The molecule has 2 N–H and O–H groups in total. The molecule has 34 heavy (non-hydrogen) atoms. The Morgan fingerprint density at radius 2 is 1.68 bits per heavy atom. The zero-order valence-electron chi connectivity index (χ0n) is 19.3. The number of nitrogens with zero attached hydrogens (tertiary/aromatic N) is 2. The highest BCUT2D eigenvalue weighted by molar-refractivity contribution is 6.05. The van der Waals surface area contributed by atoms with E-state index in [0.717, 1.165) is 17.3 Å². The first-order chi connectivity index (χ1) is 16.6. The maximum atomic E-state index is 12.8. The molecule has 2 heterocycles. The van der Waals surface area contributed by atoms with Crippen LogP contribution < -0.4 is 25.0 Å². The van der Waals surface area contributed by atoms with Gasteiger partial charge in [-0.05, 0) is 61.4 Å². The number of pyridine rings is 1. The molecule has 8 nitrogen and oxygen atoms in total. The second-order valence-corrected chi connectivity index (χ2v) is 8.04. The Morgan fingerprint density at radius 3 is 2.38 bits per heavy atom. The highest BCUT2D eigenvalue weighted by Crippen LogP contribution is 2.26. The Hall–Kier alpha value is -4.07. The fourth-order valence-electron chi connectivity index (χ4n) is 3.96. The fraction of sp³-hybridized carbons (Fsp3) is 0.269. The van der Waals surface area contributed by atoms with Crippen LogP contribution in [0.3, 0.4) is 0 Å². The molecule has 2 aromatic carbocycles. The smallest absolute Gasteiger partial charge is 0.255 e. The summed E-state index contributed by atoms with van der Waals surface area (Å²) in [7, 11) is 3.18. The van der Waals surface area contributed by atoms with Gasteiger partial charge >= 0.3 is 0 Å². The van der Waals surface area contributed by atoms with E-state index in [-0.39, 0.29) is 17.7 Å². The highest BCUT2D eigenvalue weighted by Gasteiger charge is 2.26. The van der Waals surface area contributed by atoms with Crippen LogP contribution in [0.4, 0.5) is 17.2 Å². The number of benzene rings is 2. The monoisotopic (exact) mass is 460 g/mol. The van der Waals surface area contributed by atoms with Crippen LogP contribution in [-0.4, -0.2) is 44.1 Å². The van der Waals surface area contributed by atoms with Gasteiger partial charge in [0.15, 0.2) is 0 Å². The molecular formula is C26H28N4O4. The third-order valence-electron chi connectivity index (χ3n) is 5.91. The van der Waals surface area contributed by atoms with Crippen molar-refractivity contribution >= 4 is 29.0 Å². The molecule has 0 aliphatic carbocycles. The van der Waals surface area contributed by atoms with E-state index >= 15 is 0 Å². The molecule has 0 bridgehead atoms. The van der Waals surface area contributed by atoms with Gasteiger partial charge in [-0.25, -0.2) is 4.98 Å². The molecule has 0 radical (unpaired) electrons. The van der Waals surface area contributed by atoms with Gasteiger partial charge in [-0.1, -0.05) is 12.1 Å². The van der Waals surface area contributed by atoms with Crippen molar-refractivity contribution in [3.05, 3.63) is 72.4 Å². The summed E-state index contributed by atoms with van der Waals surface area (Å²) in [6, 6.07) is 18.0. The molecule has 1 saturated heterocycles. The van der Waals surface area contributed by atoms with Crippen LogP contribution in [0.2, 0.25) is 0 Å². The molecule has 0 unspecified atom stereocenters. The second kappa shape index (κ2) is 10.7. The maximum absolute atomic E-state index is 12.8. The molecule has 1 aliphatic heterocycles. The summed E-state index contributed by atoms with van der Waals surface area (Å²) in [5, 5.41) is 5.87. The van der Waals surface area contributed by atoms with Crippen molar-refractivity contribution in [2.24, 2.45) is 5.92 Å². The summed E-state index contributed by atoms with van der Waals surface area (Å²) < 4.78 is 10.5. The predicted octanol–water partition coefficient (Wildman–Crippen LogP) is 4.21. The van der Waals surface area contributed by atoms with Gasteiger partial charge in [0.25, 0.3) is 5.91 Å². The topological polar surface area (TPSA) is 92.8 Å². The number of carbonyl (C=O) groups excluding carboxylic acids is 2. The van der Waals surface area contributed by atoms with Crippen LogP contribution >= 0.6 is 0 Å². The Morgan fingerprint density at radius 1 is 0.941 bits per heavy atom. The molecule has 8 heteroatoms. The summed E-state index contributed by atoms with van der Waals surface area (Å²) in [6.07, 6.45) is 3.05. The van der Waals surface area contributed by atoms with E-state index < -0.39 is 0 Å². The van der Waals surface area contributed by atoms with Gasteiger partial charge < -0.3 is 25.0 Å². The molecule has 1 aliphatic rings. The van der Waals surface area contributed by atoms with Gasteiger partial charge in [-0.15, -0.1) is 0 Å². The molecule has 3 aromatic rings. The second-order valence-electron chi connectivity index (χ2n) is 8.04. The third kappa shape index (κ3) is 5.46. The van der Waals surface area contributed by atoms with Gasteiger partial charge in [-0.2, -0.15) is 0 Å². The van der Waals surface area contributed by atoms with E-state index in [1.165, 1.54) is 0 Å². The minimum Gasteiger partial charge on any atom is -0.497 e. The summed E-state index contributed by atoms with van der Waals surface area (Å²) >= 11 is 0. The van der Waals surface area contributed by atoms with E-state index in [1.807, 2.05) is 36.4 Å². The molecule has 4 rings (SSSR count). The molecule has 2 amide bonds. The summed E-state index contributed by atoms with van der Waals surface area (Å²) in [5.74, 6) is 1.78. The average Bonchev–Trinajstić information content (AvgIpc) is 2.89. The van der Waals surface area contributed by atoms with E-state index in [2.05, 4.69) is 20.5 Å². The summed E-state index contributed by atoms with van der Waals surface area (Å²) in [4.78, 5) is 32.1. The first-order valence-electron chi connectivity index (χ1n) is 11.2. The van der Waals surface area contributed by atoms with Crippen molar-refractivity contribution in [3.8, 4) is 11.5 Å². The lowest BCUT2D eigenvalue weighted by Gasteiger charge is -2.32. The van der Waals surface area contributed by atoms with Crippen LogP contribution in [0.25, 0.3) is 0 Å². The zero-order chi connectivity index (χ0) is 23.9. The molecule has 1 fully saturated rings. The van der Waals surface area contributed by atoms with Gasteiger partial charge in [-0.3, -0.25) is 9.59 Å². The zero-order valence-corrected chi connectivity index (χ0v) is 19.3. The standard InChI is InChI=1S/C26H28N4O4/c1-33-21-9-7-20(8-10-21)28-25(31)18-12-15-30(16-13-18)24-17-19(11-14-27-24)26(32)29-22-5-3-4-6-23(22)34-2/h3-11,14,17-18H,12-13,15-16H2,1-2H3,(H,28,31)(H,29,32). The Kier molecular flexibility index (Phi) is 7.27. The number of piperidine rings is 1. The number of carbonyl (C=O) groups is 2. The predicted molar refractivity (Wildman–Crippen MR) is 132 cm³/mol. The molecule has 0 saturated carbocycles. The first kappa shape index (κ1) is 23.1. The normalized spacial score (nSPS) is 13.8. The SMILES string of the molecule is COc1ccc(NC(=O)C2CCN(c3cc(C(=O)Nc4ccccc4OC)ccn3)CC2)cc1. The van der Waals surface area contributed by atoms with Crippen LogP contribution in [0.15, 0.2) is 66.9 Å². The maximum Gasteiger partial charge on any atom is 0.255 e. The van der Waals surface area contributed by atoms with Crippen LogP contribution in [-0.2, 0) is 4.79 Å². The van der Waals surface area contributed by atoms with Crippen LogP contribution in [0, 0.1) is 5.92 Å². The van der Waals surface area contributed by atoms with E-state index in [1.54, 1.807) is 44.7 Å². The molecule has 176 valence electrons. The number of anilines is 3. The van der Waals surface area contributed by atoms with Crippen molar-refractivity contribution in [3.63, 3.8) is 0 Å². The third-order valence-corrected chi connectivity index (χ3v) is 5.91. The average molecular weight is 461 g/mol. The van der Waals surface area contributed by atoms with Crippen molar-refractivity contribution in [2.75, 3.05) is 42.8 Å². The number of nitrogens with one attached hydrogen (secondary N) is 2. The lowest BCUT2D eigenvalue weighted by molar-refractivity contribution is -0.120. The van der Waals surface area contributed by atoms with E-state index in [4.69, 9.17) is 9.47 Å². The number of aromatic nitrogens is 1. The number of amides is 2. The highest BCUT2D eigenvalue weighted by atomic mass is 16.5. The van der Waals surface area contributed by atoms with Crippen molar-refractivity contribution < 1.29 is 19.1 Å². The van der Waals surface area contributed by atoms with Gasteiger partial charge in [0.2, 0.25) is 5.91 Å². The molecule has 0 atom stereocenters. The number of rotatable bonds is 7. The summed E-state index contributed by atoms with van der Waals surface area (Å²) in [6.45, 7) is 1.37. The summed E-state index contributed by atoms with van der Waals surface area (Å²) in [5.41, 5.74) is 1.87. The van der Waals surface area contributed by atoms with Gasteiger partial charge in [0.1, 0.15) is 17.3 Å². The Labute approximate surface area is 198 Å². The number of ether oxygens (including phenoxy) is 2. The molecule has 0 spiro atoms. The number of para-hydroxylation sites is 2. The van der Waals surface area contributed by atoms with Crippen LogP contribution in [0.5, 0.6) is 11.5 Å². The van der Waals surface area contributed by atoms with Crippen molar-refractivity contribution in [1.29, 1.82) is 0 Å². The molecule has 1 aromatic heterocycles. The van der Waals surface area contributed by atoms with E-state index in [9.17, 15) is 9.59 Å². The van der Waals surface area contributed by atoms with Gasteiger partial charge in [0, 0.05) is 36.5 Å². The largest absolute Gasteiger partial charge is 0.497 e.